The lowest BCUT2D eigenvalue weighted by molar-refractivity contribution is 0.0227. The van der Waals surface area contributed by atoms with Gasteiger partial charge in [-0.2, -0.15) is 0 Å². The Morgan fingerprint density at radius 3 is 1.67 bits per heavy atom. The van der Waals surface area contributed by atoms with Gasteiger partial charge in [-0.25, -0.2) is 0 Å². The molecular weight excluding hydrogens is 110 g/mol. The van der Waals surface area contributed by atoms with Crippen LogP contribution in [-0.2, 0) is 0 Å². The average Bonchev–Trinajstić information content (AvgIpc) is 1.89. The number of hydrogen-bond donors (Lipinski definition) is 1. The Morgan fingerprint density at radius 2 is 1.44 bits per heavy atom. The Hall–Kier alpha value is -0.0400. The normalized spacial score (nSPS) is 50.7. The molecule has 2 N–H and O–H groups in total. The van der Waals surface area contributed by atoms with Crippen LogP contribution in [0.4, 0.5) is 0 Å². The van der Waals surface area contributed by atoms with E-state index in [9.17, 15) is 0 Å². The third-order valence-electron chi connectivity index (χ3n) is 3.28. The summed E-state index contributed by atoms with van der Waals surface area (Å²) < 4.78 is 0. The maximum atomic E-state index is 5.58. The van der Waals surface area contributed by atoms with Crippen LogP contribution >= 0.6 is 0 Å². The Labute approximate surface area is 57.6 Å². The molecule has 1 aliphatic rings. The highest BCUT2D eigenvalue weighted by Gasteiger charge is 2.40. The van der Waals surface area contributed by atoms with E-state index in [1.54, 1.807) is 0 Å². The largest absolute Gasteiger partial charge is 0.330 e. The molecule has 0 spiro atoms. The van der Waals surface area contributed by atoms with Crippen molar-refractivity contribution < 1.29 is 0 Å². The minimum absolute atomic E-state index is 0.806. The molecule has 1 rings (SSSR count). The highest BCUT2D eigenvalue weighted by Crippen LogP contribution is 2.44. The number of nitrogens with two attached hydrogens (primary N) is 1. The van der Waals surface area contributed by atoms with Gasteiger partial charge in [0.1, 0.15) is 0 Å². The summed E-state index contributed by atoms with van der Waals surface area (Å²) in [6.45, 7) is 7.82. The molecule has 1 heteroatoms. The van der Waals surface area contributed by atoms with Crippen molar-refractivity contribution in [2.24, 2.45) is 29.4 Å². The van der Waals surface area contributed by atoms with Crippen LogP contribution in [0.2, 0.25) is 0 Å². The fourth-order valence-corrected chi connectivity index (χ4v) is 2.02. The van der Waals surface area contributed by atoms with Gasteiger partial charge in [-0.1, -0.05) is 20.8 Å². The predicted molar refractivity (Wildman–Crippen MR) is 40.0 cm³/mol. The molecular formula is C8H17N. The molecule has 1 fully saturated rings. The summed E-state index contributed by atoms with van der Waals surface area (Å²) >= 11 is 0. The summed E-state index contributed by atoms with van der Waals surface area (Å²) in [6, 6.07) is 0. The van der Waals surface area contributed by atoms with E-state index in [2.05, 4.69) is 20.8 Å². The van der Waals surface area contributed by atoms with Crippen LogP contribution in [0.15, 0.2) is 0 Å². The maximum absolute atomic E-state index is 5.58. The lowest BCUT2D eigenvalue weighted by Crippen LogP contribution is -2.45. The molecule has 0 bridgehead atoms. The standard InChI is InChI=1S/C8H17N/c1-5-6(2)8(4-9)7(5)3/h5-8H,4,9H2,1-3H3. The topological polar surface area (TPSA) is 26.0 Å². The Kier molecular flexibility index (Phi) is 1.80. The van der Waals surface area contributed by atoms with E-state index in [0.29, 0.717) is 0 Å². The van der Waals surface area contributed by atoms with Crippen molar-refractivity contribution in [3.05, 3.63) is 0 Å². The molecule has 1 aliphatic carbocycles. The van der Waals surface area contributed by atoms with Gasteiger partial charge in [0.25, 0.3) is 0 Å². The molecule has 0 aromatic carbocycles. The monoisotopic (exact) mass is 127 g/mol. The lowest BCUT2D eigenvalue weighted by Gasteiger charge is -2.47. The fourth-order valence-electron chi connectivity index (χ4n) is 2.02. The molecule has 54 valence electrons. The summed E-state index contributed by atoms with van der Waals surface area (Å²) in [5.74, 6) is 3.44. The van der Waals surface area contributed by atoms with E-state index in [1.165, 1.54) is 0 Å². The average molecular weight is 127 g/mol. The van der Waals surface area contributed by atoms with Crippen LogP contribution in [0.5, 0.6) is 0 Å². The van der Waals surface area contributed by atoms with Gasteiger partial charge >= 0.3 is 0 Å². The molecule has 2 atom stereocenters. The van der Waals surface area contributed by atoms with E-state index in [4.69, 9.17) is 5.73 Å². The van der Waals surface area contributed by atoms with E-state index < -0.39 is 0 Å². The number of rotatable bonds is 1. The minimum atomic E-state index is 0.806. The van der Waals surface area contributed by atoms with Crippen LogP contribution in [0.1, 0.15) is 20.8 Å². The van der Waals surface area contributed by atoms with Crippen molar-refractivity contribution in [3.63, 3.8) is 0 Å². The molecule has 9 heavy (non-hydrogen) atoms. The number of hydrogen-bond acceptors (Lipinski definition) is 1. The molecule has 0 aromatic heterocycles. The summed E-state index contributed by atoms with van der Waals surface area (Å²) in [7, 11) is 0. The maximum Gasteiger partial charge on any atom is -0.00436 e. The molecule has 0 aliphatic heterocycles. The molecule has 2 unspecified atom stereocenters. The quantitative estimate of drug-likeness (QED) is 0.567. The molecule has 0 heterocycles. The SMILES string of the molecule is CC1C(C)C(CN)C1C. The van der Waals surface area contributed by atoms with Crippen molar-refractivity contribution in [3.8, 4) is 0 Å². The fraction of sp³-hybridized carbons (Fsp3) is 1.00. The first-order chi connectivity index (χ1) is 4.18. The van der Waals surface area contributed by atoms with Gasteiger partial charge in [0.15, 0.2) is 0 Å². The second-order valence-corrected chi connectivity index (χ2v) is 3.48. The summed E-state index contributed by atoms with van der Waals surface area (Å²) in [4.78, 5) is 0. The van der Waals surface area contributed by atoms with Crippen LogP contribution in [0.25, 0.3) is 0 Å². The van der Waals surface area contributed by atoms with E-state index in [0.717, 1.165) is 30.2 Å². The predicted octanol–water partition coefficient (Wildman–Crippen LogP) is 1.48. The van der Waals surface area contributed by atoms with Crippen LogP contribution in [-0.4, -0.2) is 6.54 Å². The third kappa shape index (κ3) is 0.877. The van der Waals surface area contributed by atoms with Gasteiger partial charge in [-0.3, -0.25) is 0 Å². The summed E-state index contributed by atoms with van der Waals surface area (Å²) in [5, 5.41) is 0. The lowest BCUT2D eigenvalue weighted by atomic mass is 9.59. The minimum Gasteiger partial charge on any atom is -0.330 e. The van der Waals surface area contributed by atoms with Crippen molar-refractivity contribution in [1.82, 2.24) is 0 Å². The van der Waals surface area contributed by atoms with Gasteiger partial charge in [0.05, 0.1) is 0 Å². The smallest absolute Gasteiger partial charge is 0.00436 e. The third-order valence-corrected chi connectivity index (χ3v) is 3.28. The molecule has 1 nitrogen and oxygen atoms in total. The van der Waals surface area contributed by atoms with Crippen molar-refractivity contribution in [1.29, 1.82) is 0 Å². The van der Waals surface area contributed by atoms with Crippen molar-refractivity contribution in [2.75, 3.05) is 6.54 Å². The first-order valence-electron chi connectivity index (χ1n) is 3.88. The molecule has 1 saturated carbocycles. The first kappa shape index (κ1) is 7.07. The Bertz CT molecular complexity index is 90.7. The highest BCUT2D eigenvalue weighted by molar-refractivity contribution is 4.90. The second kappa shape index (κ2) is 2.30. The molecule has 0 aromatic rings. The van der Waals surface area contributed by atoms with Gasteiger partial charge in [0, 0.05) is 0 Å². The molecule has 0 radical (unpaired) electrons. The van der Waals surface area contributed by atoms with Crippen molar-refractivity contribution in [2.45, 2.75) is 20.8 Å². The van der Waals surface area contributed by atoms with Crippen LogP contribution in [0, 0.1) is 23.7 Å². The van der Waals surface area contributed by atoms with Gasteiger partial charge < -0.3 is 5.73 Å². The summed E-state index contributed by atoms with van der Waals surface area (Å²) in [5.41, 5.74) is 5.58. The molecule has 0 saturated heterocycles. The van der Waals surface area contributed by atoms with E-state index >= 15 is 0 Å². The Morgan fingerprint density at radius 1 is 1.00 bits per heavy atom. The zero-order valence-corrected chi connectivity index (χ0v) is 6.59. The molecule has 0 amide bonds. The zero-order valence-electron chi connectivity index (χ0n) is 6.59. The van der Waals surface area contributed by atoms with Gasteiger partial charge in [-0.15, -0.1) is 0 Å². The van der Waals surface area contributed by atoms with Gasteiger partial charge in [0.2, 0.25) is 0 Å². The van der Waals surface area contributed by atoms with Crippen LogP contribution < -0.4 is 5.73 Å². The van der Waals surface area contributed by atoms with Gasteiger partial charge in [-0.05, 0) is 30.2 Å². The Balaban J connectivity index is 2.41. The first-order valence-corrected chi connectivity index (χ1v) is 3.88. The van der Waals surface area contributed by atoms with E-state index in [-0.39, 0.29) is 0 Å². The van der Waals surface area contributed by atoms with Crippen LogP contribution in [0.3, 0.4) is 0 Å². The van der Waals surface area contributed by atoms with E-state index in [1.807, 2.05) is 0 Å². The van der Waals surface area contributed by atoms with Crippen molar-refractivity contribution >= 4 is 0 Å². The highest BCUT2D eigenvalue weighted by atomic mass is 14.6. The summed E-state index contributed by atoms with van der Waals surface area (Å²) in [6.07, 6.45) is 0. The zero-order chi connectivity index (χ0) is 7.02. The second-order valence-electron chi connectivity index (χ2n) is 3.48.